The molecule has 0 spiro atoms. The van der Waals surface area contributed by atoms with Crippen molar-refractivity contribution in [3.8, 4) is 0 Å². The number of carboxylic acids is 1. The molecule has 8 heteroatoms. The Labute approximate surface area is 129 Å². The van der Waals surface area contributed by atoms with Gasteiger partial charge in [0, 0.05) is 16.8 Å². The first-order valence-corrected chi connectivity index (χ1v) is 6.38. The fourth-order valence-corrected chi connectivity index (χ4v) is 2.10. The van der Waals surface area contributed by atoms with Crippen LogP contribution in [0.1, 0.15) is 10.4 Å². The topological polar surface area (TPSA) is 92.5 Å². The lowest BCUT2D eigenvalue weighted by Gasteiger charge is -2.11. The summed E-state index contributed by atoms with van der Waals surface area (Å²) >= 11 is 11.6. The summed E-state index contributed by atoms with van der Waals surface area (Å²) in [4.78, 5) is 21.7. The Kier molecular flexibility index (Phi) is 4.30. The fraction of sp³-hybridized carbons (Fsp3) is 0. The number of nitro benzene ring substituents is 1. The largest absolute Gasteiger partial charge is 0.478 e. The van der Waals surface area contributed by atoms with Crippen LogP contribution in [0.5, 0.6) is 0 Å². The van der Waals surface area contributed by atoms with Gasteiger partial charge in [0.15, 0.2) is 0 Å². The Morgan fingerprint density at radius 2 is 1.76 bits per heavy atom. The number of rotatable bonds is 4. The average molecular weight is 327 g/mol. The Bertz CT molecular complexity index is 717. The van der Waals surface area contributed by atoms with Crippen molar-refractivity contribution in [3.05, 3.63) is 62.1 Å². The van der Waals surface area contributed by atoms with Crippen LogP contribution in [0, 0.1) is 10.1 Å². The van der Waals surface area contributed by atoms with Gasteiger partial charge in [-0.3, -0.25) is 10.1 Å². The minimum atomic E-state index is -1.36. The predicted octanol–water partition coefficient (Wildman–Crippen LogP) is 4.34. The van der Waals surface area contributed by atoms with Gasteiger partial charge in [-0.05, 0) is 30.3 Å². The van der Waals surface area contributed by atoms with Crippen LogP contribution in [0.4, 0.5) is 17.1 Å². The Morgan fingerprint density at radius 3 is 2.29 bits per heavy atom. The van der Waals surface area contributed by atoms with Crippen LogP contribution < -0.4 is 5.32 Å². The van der Waals surface area contributed by atoms with Gasteiger partial charge >= 0.3 is 5.97 Å². The SMILES string of the molecule is O=C(O)c1c(Cl)ccc([N+](=O)[O-])c1Nc1ccc(Cl)cc1. The highest BCUT2D eigenvalue weighted by atomic mass is 35.5. The second-order valence-electron chi connectivity index (χ2n) is 4.01. The Balaban J connectivity index is 2.58. The highest BCUT2D eigenvalue weighted by Crippen LogP contribution is 2.35. The van der Waals surface area contributed by atoms with Crippen molar-refractivity contribution in [2.75, 3.05) is 5.32 Å². The second kappa shape index (κ2) is 5.99. The van der Waals surface area contributed by atoms with E-state index in [0.717, 1.165) is 6.07 Å². The zero-order valence-corrected chi connectivity index (χ0v) is 11.9. The smallest absolute Gasteiger partial charge is 0.339 e. The second-order valence-corrected chi connectivity index (χ2v) is 4.85. The number of halogens is 2. The van der Waals surface area contributed by atoms with Gasteiger partial charge < -0.3 is 10.4 Å². The molecule has 0 fully saturated rings. The number of nitro groups is 1. The summed E-state index contributed by atoms with van der Waals surface area (Å²) in [5, 5.41) is 23.4. The van der Waals surface area contributed by atoms with Crippen LogP contribution in [-0.4, -0.2) is 16.0 Å². The molecule has 0 aliphatic rings. The van der Waals surface area contributed by atoms with Gasteiger partial charge in [-0.2, -0.15) is 0 Å². The molecular formula is C13H8Cl2N2O4. The molecule has 0 amide bonds. The van der Waals surface area contributed by atoms with Crippen LogP contribution in [0.2, 0.25) is 10.0 Å². The van der Waals surface area contributed by atoms with Gasteiger partial charge in [0.25, 0.3) is 5.69 Å². The molecule has 2 aromatic carbocycles. The third-order valence-corrected chi connectivity index (χ3v) is 3.22. The maximum Gasteiger partial charge on any atom is 0.339 e. The van der Waals surface area contributed by atoms with Gasteiger partial charge in [0.2, 0.25) is 0 Å². The molecule has 0 heterocycles. The molecule has 0 unspecified atom stereocenters. The third-order valence-electron chi connectivity index (χ3n) is 2.66. The lowest BCUT2D eigenvalue weighted by atomic mass is 10.1. The summed E-state index contributed by atoms with van der Waals surface area (Å²) in [6.07, 6.45) is 0. The van der Waals surface area contributed by atoms with E-state index in [2.05, 4.69) is 5.32 Å². The molecule has 2 N–H and O–H groups in total. The van der Waals surface area contributed by atoms with E-state index in [1.54, 1.807) is 24.3 Å². The molecule has 0 aliphatic carbocycles. The molecule has 108 valence electrons. The zero-order valence-electron chi connectivity index (χ0n) is 10.3. The van der Waals surface area contributed by atoms with E-state index in [1.165, 1.54) is 6.07 Å². The van der Waals surface area contributed by atoms with Crippen LogP contribution in [0.3, 0.4) is 0 Å². The number of carboxylic acid groups (broad SMARTS) is 1. The standard InChI is InChI=1S/C13H8Cl2N2O4/c14-7-1-3-8(4-2-7)16-12-10(17(20)21)6-5-9(15)11(12)13(18)19/h1-6,16H,(H,18,19). The quantitative estimate of drug-likeness (QED) is 0.643. The summed E-state index contributed by atoms with van der Waals surface area (Å²) in [6, 6.07) is 8.60. The highest BCUT2D eigenvalue weighted by Gasteiger charge is 2.24. The van der Waals surface area contributed by atoms with Crippen molar-refractivity contribution in [1.29, 1.82) is 0 Å². The molecule has 6 nitrogen and oxygen atoms in total. The first-order valence-electron chi connectivity index (χ1n) is 5.63. The van der Waals surface area contributed by atoms with Crippen LogP contribution in [0.15, 0.2) is 36.4 Å². The van der Waals surface area contributed by atoms with E-state index in [0.29, 0.717) is 10.7 Å². The number of nitrogens with one attached hydrogen (secondary N) is 1. The predicted molar refractivity (Wildman–Crippen MR) is 79.8 cm³/mol. The van der Waals surface area contributed by atoms with Crippen molar-refractivity contribution in [2.45, 2.75) is 0 Å². The van der Waals surface area contributed by atoms with Crippen molar-refractivity contribution in [3.63, 3.8) is 0 Å². The third kappa shape index (κ3) is 3.24. The summed E-state index contributed by atoms with van der Waals surface area (Å²) < 4.78 is 0. The van der Waals surface area contributed by atoms with Crippen LogP contribution in [-0.2, 0) is 0 Å². The van der Waals surface area contributed by atoms with Crippen LogP contribution in [0.25, 0.3) is 0 Å². The van der Waals surface area contributed by atoms with E-state index in [-0.39, 0.29) is 22.0 Å². The Morgan fingerprint density at radius 1 is 1.14 bits per heavy atom. The number of carbonyl (C=O) groups is 1. The fourth-order valence-electron chi connectivity index (χ4n) is 1.73. The van der Waals surface area contributed by atoms with Gasteiger partial charge in [0.1, 0.15) is 11.3 Å². The zero-order chi connectivity index (χ0) is 15.6. The van der Waals surface area contributed by atoms with Crippen molar-refractivity contribution >= 4 is 46.2 Å². The van der Waals surface area contributed by atoms with Crippen molar-refractivity contribution in [1.82, 2.24) is 0 Å². The van der Waals surface area contributed by atoms with E-state index in [9.17, 15) is 20.0 Å². The van der Waals surface area contributed by atoms with Gasteiger partial charge in [-0.1, -0.05) is 23.2 Å². The molecular weight excluding hydrogens is 319 g/mol. The number of aromatic carboxylic acids is 1. The summed E-state index contributed by atoms with van der Waals surface area (Å²) in [7, 11) is 0. The highest BCUT2D eigenvalue weighted by molar-refractivity contribution is 6.34. The molecule has 21 heavy (non-hydrogen) atoms. The molecule has 2 rings (SSSR count). The van der Waals surface area contributed by atoms with E-state index < -0.39 is 10.9 Å². The summed E-state index contributed by atoms with van der Waals surface area (Å²) in [5.41, 5.74) is -0.470. The lowest BCUT2D eigenvalue weighted by molar-refractivity contribution is -0.383. The monoisotopic (exact) mass is 326 g/mol. The molecule has 0 saturated heterocycles. The molecule has 0 bridgehead atoms. The lowest BCUT2D eigenvalue weighted by Crippen LogP contribution is -2.07. The minimum absolute atomic E-state index is 0.0930. The Hall–Kier alpha value is -2.31. The summed E-state index contributed by atoms with van der Waals surface area (Å²) in [5.74, 6) is -1.36. The molecule has 0 aliphatic heterocycles. The van der Waals surface area contributed by atoms with E-state index in [1.807, 2.05) is 0 Å². The molecule has 0 saturated carbocycles. The first-order chi connectivity index (χ1) is 9.90. The van der Waals surface area contributed by atoms with Crippen LogP contribution >= 0.6 is 23.2 Å². The van der Waals surface area contributed by atoms with Gasteiger partial charge in [-0.15, -0.1) is 0 Å². The van der Waals surface area contributed by atoms with Gasteiger partial charge in [0.05, 0.1) is 9.95 Å². The average Bonchev–Trinajstić information content (AvgIpc) is 2.40. The van der Waals surface area contributed by atoms with Crippen molar-refractivity contribution in [2.24, 2.45) is 0 Å². The first kappa shape index (κ1) is 15.1. The number of hydrogen-bond acceptors (Lipinski definition) is 4. The molecule has 0 aromatic heterocycles. The molecule has 0 atom stereocenters. The number of nitrogens with zero attached hydrogens (tertiary/aromatic N) is 1. The van der Waals surface area contributed by atoms with E-state index in [4.69, 9.17) is 23.2 Å². The number of benzene rings is 2. The number of anilines is 2. The molecule has 2 aromatic rings. The minimum Gasteiger partial charge on any atom is -0.478 e. The number of hydrogen-bond donors (Lipinski definition) is 2. The summed E-state index contributed by atoms with van der Waals surface area (Å²) in [6.45, 7) is 0. The maximum absolute atomic E-state index is 11.3. The maximum atomic E-state index is 11.3. The molecule has 0 radical (unpaired) electrons. The normalized spacial score (nSPS) is 10.2. The van der Waals surface area contributed by atoms with Crippen molar-refractivity contribution < 1.29 is 14.8 Å². The van der Waals surface area contributed by atoms with E-state index >= 15 is 0 Å². The van der Waals surface area contributed by atoms with Gasteiger partial charge in [-0.25, -0.2) is 4.79 Å².